The smallest absolute Gasteiger partial charge is 0.244 e. The molecule has 1 aliphatic heterocycles. The summed E-state index contributed by atoms with van der Waals surface area (Å²) < 4.78 is 28.5. The molecule has 1 aliphatic rings. The quantitative estimate of drug-likeness (QED) is 0.445. The average Bonchev–Trinajstić information content (AvgIpc) is 3.26. The van der Waals surface area contributed by atoms with Crippen LogP contribution in [0.3, 0.4) is 0 Å². The number of carbonyl (C=O) groups excluding carboxylic acids is 1. The van der Waals surface area contributed by atoms with Gasteiger partial charge in [-0.15, -0.1) is 0 Å². The lowest BCUT2D eigenvalue weighted by Gasteiger charge is -2.35. The number of para-hydroxylation sites is 1. The maximum Gasteiger partial charge on any atom is 0.244 e. The second kappa shape index (κ2) is 9.08. The lowest BCUT2D eigenvalue weighted by molar-refractivity contribution is -0.125. The molecule has 1 amide bonds. The van der Waals surface area contributed by atoms with Crippen LogP contribution in [0, 0.1) is 6.92 Å². The van der Waals surface area contributed by atoms with Gasteiger partial charge in [-0.05, 0) is 54.7 Å². The van der Waals surface area contributed by atoms with Crippen LogP contribution in [0.15, 0.2) is 83.9 Å². The summed E-state index contributed by atoms with van der Waals surface area (Å²) in [6.07, 6.45) is 2.96. The predicted molar refractivity (Wildman–Crippen MR) is 133 cm³/mol. The number of fused-ring (bicyclic) bond motifs is 2. The van der Waals surface area contributed by atoms with Gasteiger partial charge in [-0.2, -0.15) is 4.31 Å². The molecule has 4 aromatic rings. The summed E-state index contributed by atoms with van der Waals surface area (Å²) in [7, 11) is -3.85. The lowest BCUT2D eigenvalue weighted by Crippen LogP contribution is -2.52. The van der Waals surface area contributed by atoms with Gasteiger partial charge in [-0.1, -0.05) is 60.2 Å². The third kappa shape index (κ3) is 4.24. The molecule has 34 heavy (non-hydrogen) atoms. The monoisotopic (exact) mass is 473 g/mol. The van der Waals surface area contributed by atoms with Crippen LogP contribution >= 0.6 is 0 Å². The van der Waals surface area contributed by atoms with E-state index < -0.39 is 16.1 Å². The number of nitrogens with one attached hydrogen (secondary N) is 2. The lowest BCUT2D eigenvalue weighted by atomic mass is 9.95. The highest BCUT2D eigenvalue weighted by molar-refractivity contribution is 7.89. The molecule has 0 spiro atoms. The Kier molecular flexibility index (Phi) is 5.98. The number of carbonyl (C=O) groups is 1. The molecule has 0 bridgehead atoms. The van der Waals surface area contributed by atoms with Gasteiger partial charge < -0.3 is 10.3 Å². The minimum absolute atomic E-state index is 0.174. The molecular formula is C27H27N3O3S. The number of aromatic amines is 1. The van der Waals surface area contributed by atoms with E-state index in [9.17, 15) is 13.2 Å². The van der Waals surface area contributed by atoms with Crippen LogP contribution in [-0.4, -0.2) is 36.2 Å². The molecular weight excluding hydrogens is 446 g/mol. The number of sulfonamides is 1. The molecule has 6 nitrogen and oxygen atoms in total. The van der Waals surface area contributed by atoms with Crippen molar-refractivity contribution in [3.05, 3.63) is 101 Å². The van der Waals surface area contributed by atoms with Crippen molar-refractivity contribution < 1.29 is 13.2 Å². The number of benzene rings is 3. The fourth-order valence-corrected chi connectivity index (χ4v) is 6.16. The highest BCUT2D eigenvalue weighted by atomic mass is 32.2. The molecule has 0 unspecified atom stereocenters. The molecule has 2 N–H and O–H groups in total. The number of aromatic nitrogens is 1. The molecule has 0 aliphatic carbocycles. The fraction of sp³-hybridized carbons (Fsp3) is 0.222. The van der Waals surface area contributed by atoms with E-state index in [0.717, 1.165) is 33.2 Å². The predicted octanol–water partition coefficient (Wildman–Crippen LogP) is 3.95. The van der Waals surface area contributed by atoms with Crippen molar-refractivity contribution in [1.29, 1.82) is 0 Å². The van der Waals surface area contributed by atoms with Crippen LogP contribution in [0.4, 0.5) is 0 Å². The summed E-state index contributed by atoms with van der Waals surface area (Å²) in [6.45, 7) is 2.52. The van der Waals surface area contributed by atoms with E-state index in [1.807, 2.05) is 55.6 Å². The first-order valence-electron chi connectivity index (χ1n) is 11.4. The Hall–Kier alpha value is -3.42. The fourth-order valence-electron chi connectivity index (χ4n) is 4.60. The van der Waals surface area contributed by atoms with Crippen molar-refractivity contribution in [1.82, 2.24) is 14.6 Å². The summed E-state index contributed by atoms with van der Waals surface area (Å²) in [5, 5.41) is 4.12. The summed E-state index contributed by atoms with van der Waals surface area (Å²) >= 11 is 0. The van der Waals surface area contributed by atoms with E-state index in [2.05, 4.69) is 16.4 Å². The number of nitrogens with zero attached hydrogens (tertiary/aromatic N) is 1. The van der Waals surface area contributed by atoms with Crippen molar-refractivity contribution in [3.63, 3.8) is 0 Å². The Labute approximate surface area is 199 Å². The summed E-state index contributed by atoms with van der Waals surface area (Å²) in [5.41, 5.74) is 5.10. The van der Waals surface area contributed by atoms with Gasteiger partial charge in [-0.25, -0.2) is 8.42 Å². The average molecular weight is 474 g/mol. The van der Waals surface area contributed by atoms with Gasteiger partial charge in [0.25, 0.3) is 0 Å². The summed E-state index contributed by atoms with van der Waals surface area (Å²) in [6, 6.07) is 21.7. The third-order valence-electron chi connectivity index (χ3n) is 6.50. The standard InChI is InChI=1S/C27H27N3O3S/c1-19-10-12-23(13-11-19)34(32,33)30-18-22-7-3-2-6-20(22)16-26(30)27(31)28-15-14-21-17-29-25-9-5-4-8-24(21)25/h2-13,17,26,29H,14-16,18H2,1H3,(H,28,31)/t26-/m1/s1. The van der Waals surface area contributed by atoms with Gasteiger partial charge in [0, 0.05) is 30.2 Å². The number of H-pyrrole nitrogens is 1. The van der Waals surface area contributed by atoms with Crippen LogP contribution in [0.5, 0.6) is 0 Å². The molecule has 2 heterocycles. The van der Waals surface area contributed by atoms with Crippen LogP contribution in [0.2, 0.25) is 0 Å². The van der Waals surface area contributed by atoms with Crippen LogP contribution in [-0.2, 0) is 34.2 Å². The molecule has 0 fully saturated rings. The molecule has 0 saturated heterocycles. The van der Waals surface area contributed by atoms with Gasteiger partial charge >= 0.3 is 0 Å². The Morgan fingerprint density at radius 3 is 2.50 bits per heavy atom. The largest absolute Gasteiger partial charge is 0.361 e. The number of hydrogen-bond donors (Lipinski definition) is 2. The van der Waals surface area contributed by atoms with Crippen molar-refractivity contribution >= 4 is 26.8 Å². The van der Waals surface area contributed by atoms with Gasteiger partial charge in [0.1, 0.15) is 6.04 Å². The van der Waals surface area contributed by atoms with E-state index in [0.29, 0.717) is 19.4 Å². The number of hydrogen-bond acceptors (Lipinski definition) is 3. The minimum Gasteiger partial charge on any atom is -0.361 e. The van der Waals surface area contributed by atoms with Crippen LogP contribution < -0.4 is 5.32 Å². The van der Waals surface area contributed by atoms with Gasteiger partial charge in [-0.3, -0.25) is 4.79 Å². The molecule has 5 rings (SSSR count). The molecule has 174 valence electrons. The first kappa shape index (κ1) is 22.4. The Morgan fingerprint density at radius 1 is 1.00 bits per heavy atom. The Balaban J connectivity index is 1.37. The van der Waals surface area contributed by atoms with E-state index in [4.69, 9.17) is 0 Å². The first-order valence-corrected chi connectivity index (χ1v) is 12.9. The first-order chi connectivity index (χ1) is 16.4. The zero-order valence-electron chi connectivity index (χ0n) is 19.0. The van der Waals surface area contributed by atoms with Crippen LogP contribution in [0.1, 0.15) is 22.3 Å². The second-order valence-corrected chi connectivity index (χ2v) is 10.6. The van der Waals surface area contributed by atoms with Crippen molar-refractivity contribution in [2.75, 3.05) is 6.54 Å². The third-order valence-corrected chi connectivity index (χ3v) is 8.37. The maximum atomic E-state index is 13.6. The SMILES string of the molecule is Cc1ccc(S(=O)(=O)N2Cc3ccccc3C[C@@H]2C(=O)NCCc2c[nH]c3ccccc23)cc1. The molecule has 1 aromatic heterocycles. The molecule has 0 radical (unpaired) electrons. The molecule has 3 aromatic carbocycles. The highest BCUT2D eigenvalue weighted by Gasteiger charge is 2.39. The van der Waals surface area contributed by atoms with Crippen molar-refractivity contribution in [2.24, 2.45) is 0 Å². The zero-order valence-corrected chi connectivity index (χ0v) is 19.8. The van der Waals surface area contributed by atoms with E-state index in [-0.39, 0.29) is 17.3 Å². The van der Waals surface area contributed by atoms with Crippen molar-refractivity contribution in [3.8, 4) is 0 Å². The second-order valence-electron chi connectivity index (χ2n) is 8.75. The molecule has 0 saturated carbocycles. The summed E-state index contributed by atoms with van der Waals surface area (Å²) in [5.74, 6) is -0.273. The van der Waals surface area contributed by atoms with Gasteiger partial charge in [0.15, 0.2) is 0 Å². The Bertz CT molecular complexity index is 1440. The maximum absolute atomic E-state index is 13.6. The number of rotatable bonds is 6. The highest BCUT2D eigenvalue weighted by Crippen LogP contribution is 2.29. The molecule has 7 heteroatoms. The van der Waals surface area contributed by atoms with E-state index >= 15 is 0 Å². The van der Waals surface area contributed by atoms with Crippen LogP contribution in [0.25, 0.3) is 10.9 Å². The van der Waals surface area contributed by atoms with Gasteiger partial charge in [0.2, 0.25) is 15.9 Å². The van der Waals surface area contributed by atoms with E-state index in [1.165, 1.54) is 4.31 Å². The van der Waals surface area contributed by atoms with Crippen molar-refractivity contribution in [2.45, 2.75) is 37.2 Å². The Morgan fingerprint density at radius 2 is 1.71 bits per heavy atom. The van der Waals surface area contributed by atoms with E-state index in [1.54, 1.807) is 24.3 Å². The summed E-state index contributed by atoms with van der Waals surface area (Å²) in [4.78, 5) is 16.8. The minimum atomic E-state index is -3.85. The normalized spacial score (nSPS) is 16.3. The zero-order chi connectivity index (χ0) is 23.7. The number of amides is 1. The van der Waals surface area contributed by atoms with Gasteiger partial charge in [0.05, 0.1) is 4.90 Å². The molecule has 1 atom stereocenters. The number of aryl methyl sites for hydroxylation is 1. The topological polar surface area (TPSA) is 82.3 Å².